The summed E-state index contributed by atoms with van der Waals surface area (Å²) in [5.74, 6) is 2.66. The zero-order valence-corrected chi connectivity index (χ0v) is 23.9. The number of ether oxygens (including phenoxy) is 1. The average molecular weight is 545 g/mol. The van der Waals surface area contributed by atoms with Crippen LogP contribution in [0.2, 0.25) is 5.02 Å². The minimum absolute atomic E-state index is 0.446. The molecule has 5 nitrogen and oxygen atoms in total. The Kier molecular flexibility index (Phi) is 9.92. The van der Waals surface area contributed by atoms with Gasteiger partial charge in [0.1, 0.15) is 18.2 Å². The van der Waals surface area contributed by atoms with Gasteiger partial charge in [-0.25, -0.2) is 4.98 Å². The average Bonchev–Trinajstić information content (AvgIpc) is 3.32. The number of nitrogens with one attached hydrogen (secondary N) is 1. The number of fused-ring (bicyclic) bond motifs is 1. The summed E-state index contributed by atoms with van der Waals surface area (Å²) in [6.07, 6.45) is 6.37. The summed E-state index contributed by atoms with van der Waals surface area (Å²) >= 11 is 6.03. The Morgan fingerprint density at radius 2 is 1.72 bits per heavy atom. The number of benzene rings is 3. The summed E-state index contributed by atoms with van der Waals surface area (Å²) in [6.45, 7) is 9.18. The maximum atomic E-state index is 6.08. The molecule has 0 unspecified atom stereocenters. The van der Waals surface area contributed by atoms with Crippen molar-refractivity contribution in [2.75, 3.05) is 26.2 Å². The van der Waals surface area contributed by atoms with Crippen LogP contribution in [0.4, 0.5) is 0 Å². The van der Waals surface area contributed by atoms with Crippen molar-refractivity contribution in [3.05, 3.63) is 94.8 Å². The highest BCUT2D eigenvalue weighted by Crippen LogP contribution is 2.24. The molecule has 0 radical (unpaired) electrons. The Bertz CT molecular complexity index is 1300. The molecule has 0 saturated carbocycles. The summed E-state index contributed by atoms with van der Waals surface area (Å²) in [5.41, 5.74) is 4.85. The number of hydrogen-bond donors (Lipinski definition) is 1. The van der Waals surface area contributed by atoms with Crippen LogP contribution in [0.15, 0.2) is 72.8 Å². The van der Waals surface area contributed by atoms with Crippen LogP contribution < -0.4 is 10.1 Å². The Labute approximate surface area is 238 Å². The molecule has 1 aliphatic rings. The molecule has 0 atom stereocenters. The van der Waals surface area contributed by atoms with Gasteiger partial charge < -0.3 is 19.5 Å². The number of aryl methyl sites for hydroxylation is 2. The molecular weight excluding hydrogens is 504 g/mol. The quantitative estimate of drug-likeness (QED) is 0.180. The first-order valence-corrected chi connectivity index (χ1v) is 14.8. The summed E-state index contributed by atoms with van der Waals surface area (Å²) < 4.78 is 8.43. The number of aromatic nitrogens is 2. The highest BCUT2D eigenvalue weighted by Gasteiger charge is 2.19. The monoisotopic (exact) mass is 544 g/mol. The zero-order chi connectivity index (χ0) is 26.9. The number of halogens is 1. The molecule has 6 heteroatoms. The molecule has 1 N–H and O–H groups in total. The smallest absolute Gasteiger partial charge is 0.148 e. The first kappa shape index (κ1) is 27.7. The molecule has 1 aliphatic heterocycles. The van der Waals surface area contributed by atoms with Crippen LogP contribution in [0.3, 0.4) is 0 Å². The van der Waals surface area contributed by atoms with Crippen molar-refractivity contribution in [2.24, 2.45) is 5.92 Å². The minimum Gasteiger partial charge on any atom is -0.486 e. The first-order chi connectivity index (χ1) is 19.2. The molecule has 0 spiro atoms. The second-order valence-corrected chi connectivity index (χ2v) is 11.2. The second-order valence-electron chi connectivity index (χ2n) is 10.8. The number of imidazole rings is 1. The zero-order valence-electron chi connectivity index (χ0n) is 23.1. The van der Waals surface area contributed by atoms with E-state index in [1.54, 1.807) is 0 Å². The van der Waals surface area contributed by atoms with Crippen LogP contribution in [0.5, 0.6) is 5.75 Å². The lowest BCUT2D eigenvalue weighted by Crippen LogP contribution is -2.35. The van der Waals surface area contributed by atoms with Crippen molar-refractivity contribution in [2.45, 2.75) is 58.7 Å². The third kappa shape index (κ3) is 7.84. The number of para-hydroxylation sites is 1. The fourth-order valence-electron chi connectivity index (χ4n) is 5.67. The molecule has 0 bridgehead atoms. The van der Waals surface area contributed by atoms with E-state index in [-0.39, 0.29) is 0 Å². The summed E-state index contributed by atoms with van der Waals surface area (Å²) in [5, 5.41) is 4.31. The van der Waals surface area contributed by atoms with Crippen molar-refractivity contribution < 1.29 is 4.74 Å². The number of piperidine rings is 1. The third-order valence-electron chi connectivity index (χ3n) is 7.94. The number of rotatable bonds is 13. The number of nitrogens with zero attached hydrogens (tertiary/aromatic N) is 3. The van der Waals surface area contributed by atoms with Gasteiger partial charge in [0.2, 0.25) is 0 Å². The number of likely N-dealkylation sites (tertiary alicyclic amines) is 1. The molecule has 3 aromatic carbocycles. The first-order valence-electron chi connectivity index (χ1n) is 14.5. The van der Waals surface area contributed by atoms with Gasteiger partial charge in [0.25, 0.3) is 0 Å². The standard InChI is InChI=1S/C33H41ClN4O/c1-26-8-5-12-31-33(26)36-32(25-39-30-15-13-29(34)14-16-30)38(31)21-7-20-37-22-17-27(18-23-37)11-6-19-35-24-28-9-3-2-4-10-28/h2-5,8-10,12-16,27,35H,6-7,11,17-25H2,1H3. The van der Waals surface area contributed by atoms with Crippen molar-refractivity contribution in [3.8, 4) is 5.75 Å². The van der Waals surface area contributed by atoms with E-state index in [0.29, 0.717) is 11.6 Å². The molecule has 0 amide bonds. The van der Waals surface area contributed by atoms with Crippen LogP contribution in [-0.4, -0.2) is 40.6 Å². The maximum Gasteiger partial charge on any atom is 0.148 e. The summed E-state index contributed by atoms with van der Waals surface area (Å²) in [7, 11) is 0. The van der Waals surface area contributed by atoms with Crippen molar-refractivity contribution in [1.29, 1.82) is 0 Å². The van der Waals surface area contributed by atoms with Gasteiger partial charge in [0, 0.05) is 18.1 Å². The van der Waals surface area contributed by atoms with Crippen LogP contribution in [0.25, 0.3) is 11.0 Å². The Balaban J connectivity index is 1.06. The van der Waals surface area contributed by atoms with E-state index >= 15 is 0 Å². The van der Waals surface area contributed by atoms with E-state index in [1.165, 1.54) is 55.4 Å². The molecule has 206 valence electrons. The van der Waals surface area contributed by atoms with Crippen molar-refractivity contribution in [3.63, 3.8) is 0 Å². The van der Waals surface area contributed by atoms with Crippen LogP contribution >= 0.6 is 11.6 Å². The summed E-state index contributed by atoms with van der Waals surface area (Å²) in [4.78, 5) is 7.62. The van der Waals surface area contributed by atoms with Gasteiger partial charge in [-0.05, 0) is 113 Å². The second kappa shape index (κ2) is 14.0. The van der Waals surface area contributed by atoms with Crippen LogP contribution in [0.1, 0.15) is 49.1 Å². The van der Waals surface area contributed by atoms with Gasteiger partial charge >= 0.3 is 0 Å². The minimum atomic E-state index is 0.446. The lowest BCUT2D eigenvalue weighted by atomic mass is 9.92. The Morgan fingerprint density at radius 1 is 0.923 bits per heavy atom. The van der Waals surface area contributed by atoms with Crippen LogP contribution in [0, 0.1) is 12.8 Å². The summed E-state index contributed by atoms with van der Waals surface area (Å²) in [6, 6.07) is 24.6. The van der Waals surface area contributed by atoms with E-state index in [9.17, 15) is 0 Å². The lowest BCUT2D eigenvalue weighted by molar-refractivity contribution is 0.173. The molecule has 1 saturated heterocycles. The molecule has 0 aliphatic carbocycles. The van der Waals surface area contributed by atoms with E-state index in [1.807, 2.05) is 24.3 Å². The normalized spacial score (nSPS) is 14.7. The molecule has 2 heterocycles. The molecule has 1 fully saturated rings. The Morgan fingerprint density at radius 3 is 2.51 bits per heavy atom. The lowest BCUT2D eigenvalue weighted by Gasteiger charge is -2.32. The third-order valence-corrected chi connectivity index (χ3v) is 8.19. The van der Waals surface area contributed by atoms with Gasteiger partial charge in [-0.3, -0.25) is 0 Å². The fourth-order valence-corrected chi connectivity index (χ4v) is 5.80. The van der Waals surface area contributed by atoms with Gasteiger partial charge in [0.05, 0.1) is 11.0 Å². The van der Waals surface area contributed by atoms with E-state index in [0.717, 1.165) is 55.6 Å². The number of hydrogen-bond acceptors (Lipinski definition) is 4. The fraction of sp³-hybridized carbons (Fsp3) is 0.424. The molecule has 1 aromatic heterocycles. The van der Waals surface area contributed by atoms with Gasteiger partial charge in [0.15, 0.2) is 0 Å². The predicted molar refractivity (Wildman–Crippen MR) is 161 cm³/mol. The molecular formula is C33H41ClN4O. The van der Waals surface area contributed by atoms with Gasteiger partial charge in [-0.2, -0.15) is 0 Å². The highest BCUT2D eigenvalue weighted by atomic mass is 35.5. The predicted octanol–water partition coefficient (Wildman–Crippen LogP) is 7.25. The van der Waals surface area contributed by atoms with Crippen molar-refractivity contribution >= 4 is 22.6 Å². The van der Waals surface area contributed by atoms with Crippen LogP contribution in [-0.2, 0) is 19.7 Å². The van der Waals surface area contributed by atoms with Crippen molar-refractivity contribution in [1.82, 2.24) is 19.8 Å². The van der Waals surface area contributed by atoms with E-state index in [4.69, 9.17) is 21.3 Å². The SMILES string of the molecule is Cc1cccc2c1nc(COc1ccc(Cl)cc1)n2CCCN1CCC(CCCNCc2ccccc2)CC1. The van der Waals surface area contributed by atoms with E-state index in [2.05, 4.69) is 70.2 Å². The van der Waals surface area contributed by atoms with Gasteiger partial charge in [-0.15, -0.1) is 0 Å². The largest absolute Gasteiger partial charge is 0.486 e. The molecule has 5 rings (SSSR count). The molecule has 39 heavy (non-hydrogen) atoms. The highest BCUT2D eigenvalue weighted by molar-refractivity contribution is 6.30. The molecule has 4 aromatic rings. The topological polar surface area (TPSA) is 42.3 Å². The maximum absolute atomic E-state index is 6.08. The van der Waals surface area contributed by atoms with Gasteiger partial charge in [-0.1, -0.05) is 54.1 Å². The van der Waals surface area contributed by atoms with E-state index < -0.39 is 0 Å². The Hall–Kier alpha value is -2.86.